The normalized spacial score (nSPS) is 12.4. The number of aromatic nitrogens is 2. The van der Waals surface area contributed by atoms with Crippen molar-refractivity contribution in [3.8, 4) is 0 Å². The van der Waals surface area contributed by atoms with Gasteiger partial charge >= 0.3 is 0 Å². The van der Waals surface area contributed by atoms with Crippen molar-refractivity contribution in [3.63, 3.8) is 0 Å². The van der Waals surface area contributed by atoms with Crippen LogP contribution in [-0.2, 0) is 0 Å². The number of rotatable bonds is 3. The molecule has 82 valence electrons. The van der Waals surface area contributed by atoms with Crippen LogP contribution in [0.5, 0.6) is 0 Å². The average molecular weight is 231 g/mol. The van der Waals surface area contributed by atoms with E-state index < -0.39 is 0 Å². The maximum atomic E-state index is 5.78. The maximum Gasteiger partial charge on any atom is 0.192 e. The first kappa shape index (κ1) is 11.1. The first-order valence-corrected chi connectivity index (χ1v) is 5.88. The predicted molar refractivity (Wildman–Crippen MR) is 65.2 cm³/mol. The molecule has 2 rings (SSSR count). The Morgan fingerprint density at radius 2 is 1.75 bits per heavy atom. The zero-order valence-corrected chi connectivity index (χ0v) is 9.82. The van der Waals surface area contributed by atoms with Gasteiger partial charge in [-0.1, -0.05) is 12.1 Å². The van der Waals surface area contributed by atoms with Crippen LogP contribution < -0.4 is 5.73 Å². The van der Waals surface area contributed by atoms with Gasteiger partial charge in [-0.05, 0) is 42.4 Å². The van der Waals surface area contributed by atoms with Gasteiger partial charge in [-0.2, -0.15) is 0 Å². The molecule has 1 heterocycles. The van der Waals surface area contributed by atoms with E-state index in [1.165, 1.54) is 0 Å². The molecule has 0 saturated heterocycles. The number of hydrogen-bond acceptors (Lipinski definition) is 4. The van der Waals surface area contributed by atoms with Crippen LogP contribution >= 0.6 is 11.8 Å². The van der Waals surface area contributed by atoms with Crippen molar-refractivity contribution in [2.24, 2.45) is 5.73 Å². The summed E-state index contributed by atoms with van der Waals surface area (Å²) in [6, 6.07) is 10.0. The molecule has 4 heteroatoms. The number of nitrogens with zero attached hydrogens (tertiary/aromatic N) is 2. The molecule has 2 aromatic rings. The molecule has 3 nitrogen and oxygen atoms in total. The minimum Gasteiger partial charge on any atom is -0.324 e. The van der Waals surface area contributed by atoms with Gasteiger partial charge in [0, 0.05) is 23.3 Å². The Morgan fingerprint density at radius 3 is 2.31 bits per heavy atom. The van der Waals surface area contributed by atoms with E-state index in [2.05, 4.69) is 9.97 Å². The Kier molecular flexibility index (Phi) is 3.54. The van der Waals surface area contributed by atoms with Crippen molar-refractivity contribution < 1.29 is 0 Å². The van der Waals surface area contributed by atoms with E-state index in [0.717, 1.165) is 15.6 Å². The second-order valence-corrected chi connectivity index (χ2v) is 4.53. The number of nitrogens with two attached hydrogens (primary N) is 1. The summed E-state index contributed by atoms with van der Waals surface area (Å²) < 4.78 is 0. The zero-order chi connectivity index (χ0) is 11.4. The van der Waals surface area contributed by atoms with Crippen LogP contribution in [-0.4, -0.2) is 9.97 Å². The van der Waals surface area contributed by atoms with Crippen LogP contribution in [0.15, 0.2) is 52.8 Å². The summed E-state index contributed by atoms with van der Waals surface area (Å²) in [5.41, 5.74) is 6.92. The lowest BCUT2D eigenvalue weighted by Crippen LogP contribution is -2.04. The summed E-state index contributed by atoms with van der Waals surface area (Å²) in [7, 11) is 0. The molecule has 16 heavy (non-hydrogen) atoms. The highest BCUT2D eigenvalue weighted by Gasteiger charge is 2.01. The van der Waals surface area contributed by atoms with Gasteiger partial charge in [-0.3, -0.25) is 0 Å². The maximum absolute atomic E-state index is 5.78. The molecule has 1 atom stereocenters. The number of hydrogen-bond donors (Lipinski definition) is 1. The summed E-state index contributed by atoms with van der Waals surface area (Å²) >= 11 is 1.54. The van der Waals surface area contributed by atoms with E-state index in [-0.39, 0.29) is 6.04 Å². The second-order valence-electron chi connectivity index (χ2n) is 3.49. The number of benzene rings is 1. The van der Waals surface area contributed by atoms with Gasteiger partial charge < -0.3 is 5.73 Å². The second kappa shape index (κ2) is 5.09. The highest BCUT2D eigenvalue weighted by molar-refractivity contribution is 7.99. The fraction of sp³-hybridized carbons (Fsp3) is 0.167. The van der Waals surface area contributed by atoms with E-state index in [1.54, 1.807) is 24.2 Å². The smallest absolute Gasteiger partial charge is 0.192 e. The molecule has 1 aromatic heterocycles. The topological polar surface area (TPSA) is 51.8 Å². The molecule has 0 spiro atoms. The lowest BCUT2D eigenvalue weighted by Gasteiger charge is -2.05. The molecule has 0 fully saturated rings. The van der Waals surface area contributed by atoms with Crippen LogP contribution in [0.1, 0.15) is 18.5 Å². The van der Waals surface area contributed by atoms with Gasteiger partial charge in [0.25, 0.3) is 0 Å². The van der Waals surface area contributed by atoms with E-state index in [1.807, 2.05) is 37.3 Å². The highest BCUT2D eigenvalue weighted by atomic mass is 32.2. The summed E-state index contributed by atoms with van der Waals surface area (Å²) in [6.45, 7) is 1.97. The standard InChI is InChI=1S/C12H13N3S/c1-9(13)10-3-5-11(6-4-10)16-12-14-7-2-8-15-12/h2-9H,13H2,1H3/t9-/m0/s1. The van der Waals surface area contributed by atoms with Crippen LogP contribution in [0.25, 0.3) is 0 Å². The van der Waals surface area contributed by atoms with Gasteiger partial charge in [0.05, 0.1) is 0 Å². The highest BCUT2D eigenvalue weighted by Crippen LogP contribution is 2.24. The predicted octanol–water partition coefficient (Wildman–Crippen LogP) is 2.65. The lowest BCUT2D eigenvalue weighted by atomic mass is 10.1. The Bertz CT molecular complexity index is 440. The minimum absolute atomic E-state index is 0.0759. The van der Waals surface area contributed by atoms with Crippen LogP contribution in [0, 0.1) is 0 Å². The van der Waals surface area contributed by atoms with E-state index in [4.69, 9.17) is 5.73 Å². The summed E-state index contributed by atoms with van der Waals surface area (Å²) in [6.07, 6.45) is 3.48. The molecule has 0 amide bonds. The van der Waals surface area contributed by atoms with Crippen LogP contribution in [0.2, 0.25) is 0 Å². The Balaban J connectivity index is 2.11. The van der Waals surface area contributed by atoms with Gasteiger partial charge in [0.1, 0.15) is 0 Å². The third-order valence-corrected chi connectivity index (χ3v) is 3.06. The molecule has 0 bridgehead atoms. The van der Waals surface area contributed by atoms with Crippen molar-refractivity contribution >= 4 is 11.8 Å². The molecule has 0 saturated carbocycles. The van der Waals surface area contributed by atoms with Crippen molar-refractivity contribution in [1.29, 1.82) is 0 Å². The SMILES string of the molecule is C[C@H](N)c1ccc(Sc2ncccn2)cc1. The fourth-order valence-electron chi connectivity index (χ4n) is 1.28. The van der Waals surface area contributed by atoms with E-state index in [9.17, 15) is 0 Å². The Morgan fingerprint density at radius 1 is 1.12 bits per heavy atom. The van der Waals surface area contributed by atoms with Crippen LogP contribution in [0.3, 0.4) is 0 Å². The summed E-state index contributed by atoms with van der Waals surface area (Å²) in [5.74, 6) is 0. The van der Waals surface area contributed by atoms with Crippen molar-refractivity contribution in [3.05, 3.63) is 48.3 Å². The van der Waals surface area contributed by atoms with Gasteiger partial charge in [-0.25, -0.2) is 9.97 Å². The average Bonchev–Trinajstić information content (AvgIpc) is 2.31. The molecule has 0 unspecified atom stereocenters. The quantitative estimate of drug-likeness (QED) is 0.825. The molecule has 0 aliphatic rings. The fourth-order valence-corrected chi connectivity index (χ4v) is 1.99. The Hall–Kier alpha value is -1.39. The first-order chi connectivity index (χ1) is 7.75. The zero-order valence-electron chi connectivity index (χ0n) is 9.00. The third kappa shape index (κ3) is 2.81. The monoisotopic (exact) mass is 231 g/mol. The van der Waals surface area contributed by atoms with Crippen molar-refractivity contribution in [2.45, 2.75) is 23.0 Å². The lowest BCUT2D eigenvalue weighted by molar-refractivity contribution is 0.817. The molecular formula is C12H13N3S. The third-order valence-electron chi connectivity index (χ3n) is 2.16. The molecule has 0 aliphatic carbocycles. The summed E-state index contributed by atoms with van der Waals surface area (Å²) in [4.78, 5) is 9.44. The Labute approximate surface area is 99.1 Å². The minimum atomic E-state index is 0.0759. The molecule has 2 N–H and O–H groups in total. The molecule has 0 aliphatic heterocycles. The van der Waals surface area contributed by atoms with E-state index >= 15 is 0 Å². The molecule has 0 radical (unpaired) electrons. The summed E-state index contributed by atoms with van der Waals surface area (Å²) in [5, 5.41) is 0.760. The van der Waals surface area contributed by atoms with Crippen molar-refractivity contribution in [1.82, 2.24) is 9.97 Å². The first-order valence-electron chi connectivity index (χ1n) is 5.06. The largest absolute Gasteiger partial charge is 0.324 e. The van der Waals surface area contributed by atoms with E-state index in [0.29, 0.717) is 0 Å². The molecular weight excluding hydrogens is 218 g/mol. The molecule has 1 aromatic carbocycles. The van der Waals surface area contributed by atoms with Crippen molar-refractivity contribution in [2.75, 3.05) is 0 Å². The van der Waals surface area contributed by atoms with Gasteiger partial charge in [-0.15, -0.1) is 0 Å². The van der Waals surface area contributed by atoms with Gasteiger partial charge in [0.15, 0.2) is 5.16 Å². The van der Waals surface area contributed by atoms with Crippen LogP contribution in [0.4, 0.5) is 0 Å². The van der Waals surface area contributed by atoms with Gasteiger partial charge in [0.2, 0.25) is 0 Å².